The number of carbonyl (C=O) groups excluding carboxylic acids is 1. The third-order valence-electron chi connectivity index (χ3n) is 3.28. The van der Waals surface area contributed by atoms with Crippen LogP contribution >= 0.6 is 11.6 Å². The highest BCUT2D eigenvalue weighted by molar-refractivity contribution is 6.34. The largest absolute Gasteiger partial charge is 0.352 e. The molecule has 0 radical (unpaired) electrons. The van der Waals surface area contributed by atoms with Crippen molar-refractivity contribution in [2.45, 2.75) is 19.3 Å². The maximum atomic E-state index is 11.8. The summed E-state index contributed by atoms with van der Waals surface area (Å²) in [6, 6.07) is 3.16. The lowest BCUT2D eigenvalue weighted by atomic mass is 9.94. The monoisotopic (exact) mass is 264 g/mol. The molecule has 1 aromatic carbocycles. The second-order valence-corrected chi connectivity index (χ2v) is 4.74. The number of fused-ring (bicyclic) bond motifs is 3. The number of nitrogens with zero attached hydrogens (tertiary/aromatic N) is 1. The Morgan fingerprint density at radius 2 is 2.11 bits per heavy atom. The molecule has 5 nitrogen and oxygen atoms in total. The number of benzene rings is 1. The van der Waals surface area contributed by atoms with Gasteiger partial charge >= 0.3 is 0 Å². The summed E-state index contributed by atoms with van der Waals surface area (Å²) in [5.74, 6) is 0.0119. The Hall–Kier alpha value is -1.88. The van der Waals surface area contributed by atoms with E-state index in [1.165, 1.54) is 6.07 Å². The zero-order valence-corrected chi connectivity index (χ0v) is 10.1. The van der Waals surface area contributed by atoms with E-state index in [0.717, 1.165) is 12.0 Å². The lowest BCUT2D eigenvalue weighted by Crippen LogP contribution is -2.09. The van der Waals surface area contributed by atoms with Gasteiger partial charge in [0.05, 0.1) is 21.5 Å². The first-order valence-corrected chi connectivity index (χ1v) is 5.98. The standard InChI is InChI=1S/C12H9ClN2O3/c13-7-4-5-8-10(12(7)15(17)18)6-2-1-3-9(16)11(6)14-8/h4-5,14H,1-3H2. The average Bonchev–Trinajstić information content (AvgIpc) is 2.69. The predicted octanol–water partition coefficient (Wildman–Crippen LogP) is 3.25. The zero-order valence-electron chi connectivity index (χ0n) is 9.33. The van der Waals surface area contributed by atoms with Gasteiger partial charge in [0.2, 0.25) is 0 Å². The van der Waals surface area contributed by atoms with Crippen molar-refractivity contribution in [3.8, 4) is 0 Å². The molecule has 0 atom stereocenters. The number of halogens is 1. The Balaban J connectivity index is 2.44. The molecule has 1 N–H and O–H groups in total. The number of ketones is 1. The number of nitro groups is 1. The summed E-state index contributed by atoms with van der Waals surface area (Å²) in [5, 5.41) is 11.7. The van der Waals surface area contributed by atoms with Gasteiger partial charge in [-0.15, -0.1) is 0 Å². The number of nitrogens with one attached hydrogen (secondary N) is 1. The van der Waals surface area contributed by atoms with Crippen molar-refractivity contribution in [3.05, 3.63) is 38.5 Å². The number of aromatic nitrogens is 1. The molecule has 0 saturated carbocycles. The van der Waals surface area contributed by atoms with E-state index in [1.807, 2.05) is 0 Å². The molecular weight excluding hydrogens is 256 g/mol. The number of H-pyrrole nitrogens is 1. The first kappa shape index (κ1) is 11.2. The van der Waals surface area contributed by atoms with Crippen LogP contribution in [0.1, 0.15) is 28.9 Å². The molecule has 1 heterocycles. The number of nitro benzene ring substituents is 1. The molecule has 1 aliphatic carbocycles. The highest BCUT2D eigenvalue weighted by atomic mass is 35.5. The van der Waals surface area contributed by atoms with E-state index in [2.05, 4.69) is 4.98 Å². The molecule has 0 fully saturated rings. The van der Waals surface area contributed by atoms with Gasteiger partial charge < -0.3 is 4.98 Å². The zero-order chi connectivity index (χ0) is 12.9. The van der Waals surface area contributed by atoms with Crippen LogP contribution in [-0.2, 0) is 6.42 Å². The lowest BCUT2D eigenvalue weighted by Gasteiger charge is -2.09. The van der Waals surface area contributed by atoms with E-state index in [-0.39, 0.29) is 16.5 Å². The highest BCUT2D eigenvalue weighted by Gasteiger charge is 2.28. The quantitative estimate of drug-likeness (QED) is 0.634. The second-order valence-electron chi connectivity index (χ2n) is 4.33. The van der Waals surface area contributed by atoms with Gasteiger partial charge in [-0.2, -0.15) is 0 Å². The maximum Gasteiger partial charge on any atom is 0.297 e. The van der Waals surface area contributed by atoms with E-state index in [9.17, 15) is 14.9 Å². The Morgan fingerprint density at radius 3 is 2.83 bits per heavy atom. The number of rotatable bonds is 1. The summed E-state index contributed by atoms with van der Waals surface area (Å²) in [6.45, 7) is 0. The Bertz CT molecular complexity index is 690. The number of Topliss-reactive ketones (excluding diaryl/α,β-unsaturated/α-hetero) is 1. The molecule has 92 valence electrons. The van der Waals surface area contributed by atoms with Gasteiger partial charge in [-0.3, -0.25) is 14.9 Å². The number of aryl methyl sites for hydroxylation is 1. The first-order valence-electron chi connectivity index (χ1n) is 5.60. The highest BCUT2D eigenvalue weighted by Crippen LogP contribution is 2.38. The number of carbonyl (C=O) groups is 1. The molecule has 18 heavy (non-hydrogen) atoms. The molecule has 0 amide bonds. The molecule has 0 spiro atoms. The fourth-order valence-electron chi connectivity index (χ4n) is 2.53. The van der Waals surface area contributed by atoms with Crippen molar-refractivity contribution in [2.24, 2.45) is 0 Å². The van der Waals surface area contributed by atoms with Crippen LogP contribution in [0.4, 0.5) is 5.69 Å². The molecule has 0 unspecified atom stereocenters. The topological polar surface area (TPSA) is 76.0 Å². The van der Waals surface area contributed by atoms with Crippen LogP contribution in [0.25, 0.3) is 10.9 Å². The molecule has 1 aromatic heterocycles. The minimum atomic E-state index is -0.488. The van der Waals surface area contributed by atoms with Gasteiger partial charge in [0.1, 0.15) is 5.02 Å². The summed E-state index contributed by atoms with van der Waals surface area (Å²) in [4.78, 5) is 25.4. The van der Waals surface area contributed by atoms with Crippen LogP contribution in [-0.4, -0.2) is 15.7 Å². The fourth-order valence-corrected chi connectivity index (χ4v) is 2.75. The third-order valence-corrected chi connectivity index (χ3v) is 3.59. The summed E-state index contributed by atoms with van der Waals surface area (Å²) < 4.78 is 0. The van der Waals surface area contributed by atoms with Crippen molar-refractivity contribution in [2.75, 3.05) is 0 Å². The number of aromatic amines is 1. The van der Waals surface area contributed by atoms with Crippen molar-refractivity contribution >= 4 is 34.0 Å². The van der Waals surface area contributed by atoms with Gasteiger partial charge in [-0.25, -0.2) is 0 Å². The molecular formula is C12H9ClN2O3. The van der Waals surface area contributed by atoms with Crippen LogP contribution in [0, 0.1) is 10.1 Å². The second kappa shape index (κ2) is 3.81. The molecule has 0 aliphatic heterocycles. The van der Waals surface area contributed by atoms with Gasteiger partial charge in [0, 0.05) is 6.42 Å². The van der Waals surface area contributed by atoms with Crippen LogP contribution < -0.4 is 0 Å². The Labute approximate surface area is 107 Å². The summed E-state index contributed by atoms with van der Waals surface area (Å²) in [7, 11) is 0. The molecule has 1 aliphatic rings. The van der Waals surface area contributed by atoms with Crippen molar-refractivity contribution in [1.82, 2.24) is 4.98 Å². The van der Waals surface area contributed by atoms with Gasteiger partial charge in [0.15, 0.2) is 5.78 Å². The smallest absolute Gasteiger partial charge is 0.297 e. The van der Waals surface area contributed by atoms with Gasteiger partial charge in [0.25, 0.3) is 5.69 Å². The molecule has 6 heteroatoms. The van der Waals surface area contributed by atoms with Crippen LogP contribution in [0.3, 0.4) is 0 Å². The Kier molecular flexibility index (Phi) is 2.38. The van der Waals surface area contributed by atoms with Crippen LogP contribution in [0.2, 0.25) is 5.02 Å². The van der Waals surface area contributed by atoms with E-state index >= 15 is 0 Å². The van der Waals surface area contributed by atoms with Crippen LogP contribution in [0.15, 0.2) is 12.1 Å². The fraction of sp³-hybridized carbons (Fsp3) is 0.250. The van der Waals surface area contributed by atoms with E-state index < -0.39 is 4.92 Å². The average molecular weight is 265 g/mol. The van der Waals surface area contributed by atoms with Crippen LogP contribution in [0.5, 0.6) is 0 Å². The SMILES string of the molecule is O=C1CCCc2c1[nH]c1ccc(Cl)c([N+](=O)[O-])c21. The lowest BCUT2D eigenvalue weighted by molar-refractivity contribution is -0.382. The summed E-state index contributed by atoms with van der Waals surface area (Å²) in [5.41, 5.74) is 1.73. The molecule has 2 aromatic rings. The van der Waals surface area contributed by atoms with Crippen molar-refractivity contribution in [3.63, 3.8) is 0 Å². The molecule has 3 rings (SSSR count). The van der Waals surface area contributed by atoms with Crippen molar-refractivity contribution in [1.29, 1.82) is 0 Å². The minimum Gasteiger partial charge on any atom is -0.352 e. The molecule has 0 saturated heterocycles. The van der Waals surface area contributed by atoms with E-state index in [1.54, 1.807) is 6.07 Å². The first-order chi connectivity index (χ1) is 8.59. The number of hydrogen-bond acceptors (Lipinski definition) is 3. The molecule has 0 bridgehead atoms. The third kappa shape index (κ3) is 1.44. The van der Waals surface area contributed by atoms with E-state index in [4.69, 9.17) is 11.6 Å². The van der Waals surface area contributed by atoms with Gasteiger partial charge in [-0.1, -0.05) is 11.6 Å². The predicted molar refractivity (Wildman–Crippen MR) is 67.2 cm³/mol. The normalized spacial score (nSPS) is 14.8. The van der Waals surface area contributed by atoms with Crippen molar-refractivity contribution < 1.29 is 9.72 Å². The maximum absolute atomic E-state index is 11.8. The summed E-state index contributed by atoms with van der Waals surface area (Å²) >= 11 is 5.89. The summed E-state index contributed by atoms with van der Waals surface area (Å²) in [6.07, 6.45) is 1.88. The number of hydrogen-bond donors (Lipinski definition) is 1. The van der Waals surface area contributed by atoms with E-state index in [0.29, 0.717) is 29.4 Å². The minimum absolute atomic E-state index is 0.0119. The Morgan fingerprint density at radius 1 is 1.33 bits per heavy atom. The van der Waals surface area contributed by atoms with Gasteiger partial charge in [-0.05, 0) is 30.5 Å².